The fourth-order valence-corrected chi connectivity index (χ4v) is 2.76. The number of amides is 2. The minimum atomic E-state index is -0.253. The quantitative estimate of drug-likeness (QED) is 0.838. The number of rotatable bonds is 3. The monoisotopic (exact) mass is 338 g/mol. The Morgan fingerprint density at radius 1 is 0.920 bits per heavy atom. The molecule has 6 nitrogen and oxygen atoms in total. The van der Waals surface area contributed by atoms with Crippen LogP contribution in [0.2, 0.25) is 0 Å². The van der Waals surface area contributed by atoms with Crippen molar-refractivity contribution >= 4 is 23.2 Å². The van der Waals surface area contributed by atoms with Crippen LogP contribution in [0.5, 0.6) is 0 Å². The van der Waals surface area contributed by atoms with Gasteiger partial charge >= 0.3 is 0 Å². The second-order valence-electron chi connectivity index (χ2n) is 6.21. The van der Waals surface area contributed by atoms with Crippen LogP contribution in [0.25, 0.3) is 0 Å². The number of carbonyl (C=O) groups is 2. The van der Waals surface area contributed by atoms with Gasteiger partial charge in [-0.25, -0.2) is 0 Å². The zero-order valence-electron chi connectivity index (χ0n) is 14.2. The average molecular weight is 338 g/mol. The molecule has 2 amide bonds. The summed E-state index contributed by atoms with van der Waals surface area (Å²) < 4.78 is 0. The first kappa shape index (κ1) is 17.0. The van der Waals surface area contributed by atoms with Gasteiger partial charge in [0.1, 0.15) is 0 Å². The van der Waals surface area contributed by atoms with Crippen molar-refractivity contribution in [3.05, 3.63) is 59.7 Å². The van der Waals surface area contributed by atoms with E-state index in [0.29, 0.717) is 22.5 Å². The summed E-state index contributed by atoms with van der Waals surface area (Å²) in [5, 5.41) is 2.78. The number of nitrogens with two attached hydrogens (primary N) is 1. The van der Waals surface area contributed by atoms with E-state index in [0.717, 1.165) is 26.2 Å². The van der Waals surface area contributed by atoms with Crippen molar-refractivity contribution in [2.45, 2.75) is 0 Å². The van der Waals surface area contributed by atoms with E-state index in [1.807, 2.05) is 17.0 Å². The zero-order chi connectivity index (χ0) is 17.8. The van der Waals surface area contributed by atoms with Gasteiger partial charge in [0.2, 0.25) is 0 Å². The summed E-state index contributed by atoms with van der Waals surface area (Å²) in [6, 6.07) is 13.8. The van der Waals surface area contributed by atoms with Gasteiger partial charge in [0.25, 0.3) is 11.8 Å². The molecule has 0 aromatic heterocycles. The van der Waals surface area contributed by atoms with Crippen molar-refractivity contribution < 1.29 is 9.59 Å². The van der Waals surface area contributed by atoms with Crippen molar-refractivity contribution in [2.75, 3.05) is 44.3 Å². The number of hydrogen-bond donors (Lipinski definition) is 2. The van der Waals surface area contributed by atoms with Gasteiger partial charge in [-0.1, -0.05) is 12.1 Å². The molecule has 2 aromatic rings. The topological polar surface area (TPSA) is 78.7 Å². The van der Waals surface area contributed by atoms with Crippen molar-refractivity contribution in [1.82, 2.24) is 9.80 Å². The van der Waals surface area contributed by atoms with E-state index in [-0.39, 0.29) is 11.8 Å². The number of likely N-dealkylation sites (N-methyl/N-ethyl adjacent to an activating group) is 1. The molecule has 0 spiro atoms. The van der Waals surface area contributed by atoms with Crippen molar-refractivity contribution in [1.29, 1.82) is 0 Å². The molecular weight excluding hydrogens is 316 g/mol. The average Bonchev–Trinajstić information content (AvgIpc) is 2.64. The highest BCUT2D eigenvalue weighted by Gasteiger charge is 2.20. The molecule has 0 bridgehead atoms. The largest absolute Gasteiger partial charge is 0.397 e. The van der Waals surface area contributed by atoms with Crippen LogP contribution < -0.4 is 11.1 Å². The van der Waals surface area contributed by atoms with Crippen LogP contribution in [0.15, 0.2) is 48.5 Å². The normalized spacial score (nSPS) is 15.0. The van der Waals surface area contributed by atoms with Crippen molar-refractivity contribution in [2.24, 2.45) is 0 Å². The minimum absolute atomic E-state index is 0.00682. The third-order valence-electron chi connectivity index (χ3n) is 4.39. The van der Waals surface area contributed by atoms with Crippen molar-refractivity contribution in [3.63, 3.8) is 0 Å². The molecule has 0 radical (unpaired) electrons. The molecule has 2 aromatic carbocycles. The van der Waals surface area contributed by atoms with Crippen LogP contribution in [-0.4, -0.2) is 54.8 Å². The van der Waals surface area contributed by atoms with Crippen LogP contribution in [0, 0.1) is 0 Å². The maximum atomic E-state index is 12.5. The molecule has 0 atom stereocenters. The predicted octanol–water partition coefficient (Wildman–Crippen LogP) is 1.91. The number of nitrogen functional groups attached to an aromatic ring is 1. The highest BCUT2D eigenvalue weighted by atomic mass is 16.2. The second-order valence-corrected chi connectivity index (χ2v) is 6.21. The maximum absolute atomic E-state index is 12.5. The number of piperazine rings is 1. The van der Waals surface area contributed by atoms with Gasteiger partial charge in [-0.15, -0.1) is 0 Å². The zero-order valence-corrected chi connectivity index (χ0v) is 14.2. The molecule has 0 aliphatic carbocycles. The lowest BCUT2D eigenvalue weighted by molar-refractivity contribution is 0.0664. The lowest BCUT2D eigenvalue weighted by atomic mass is 10.1. The van der Waals surface area contributed by atoms with E-state index < -0.39 is 0 Å². The Bertz CT molecular complexity index is 765. The summed E-state index contributed by atoms with van der Waals surface area (Å²) in [6.07, 6.45) is 0. The third-order valence-corrected chi connectivity index (χ3v) is 4.39. The Hall–Kier alpha value is -2.86. The number of anilines is 2. The van der Waals surface area contributed by atoms with Gasteiger partial charge in [0.05, 0.1) is 11.4 Å². The fraction of sp³-hybridized carbons (Fsp3) is 0.263. The minimum Gasteiger partial charge on any atom is -0.397 e. The molecule has 1 heterocycles. The molecule has 25 heavy (non-hydrogen) atoms. The van der Waals surface area contributed by atoms with E-state index in [9.17, 15) is 9.59 Å². The lowest BCUT2D eigenvalue weighted by Crippen LogP contribution is -2.47. The van der Waals surface area contributed by atoms with E-state index >= 15 is 0 Å². The molecule has 130 valence electrons. The van der Waals surface area contributed by atoms with Crippen LogP contribution in [0.3, 0.4) is 0 Å². The molecule has 1 saturated heterocycles. The van der Waals surface area contributed by atoms with E-state index in [1.165, 1.54) is 0 Å². The Kier molecular flexibility index (Phi) is 5.00. The third kappa shape index (κ3) is 3.97. The number of para-hydroxylation sites is 2. The van der Waals surface area contributed by atoms with Gasteiger partial charge in [0.15, 0.2) is 0 Å². The number of benzene rings is 2. The van der Waals surface area contributed by atoms with Crippen LogP contribution in [0.4, 0.5) is 11.4 Å². The number of hydrogen-bond acceptors (Lipinski definition) is 4. The molecule has 1 aliphatic rings. The van der Waals surface area contributed by atoms with E-state index in [4.69, 9.17) is 5.73 Å². The van der Waals surface area contributed by atoms with E-state index in [1.54, 1.807) is 36.4 Å². The van der Waals surface area contributed by atoms with E-state index in [2.05, 4.69) is 17.3 Å². The highest BCUT2D eigenvalue weighted by Crippen LogP contribution is 2.18. The summed E-state index contributed by atoms with van der Waals surface area (Å²) in [5.74, 6) is -0.246. The number of nitrogens with zero attached hydrogens (tertiary/aromatic N) is 2. The molecule has 1 fully saturated rings. The first-order valence-corrected chi connectivity index (χ1v) is 8.28. The summed E-state index contributed by atoms with van der Waals surface area (Å²) >= 11 is 0. The second kappa shape index (κ2) is 7.36. The molecular formula is C19H22N4O2. The standard InChI is InChI=1S/C19H22N4O2/c1-22-10-12-23(13-11-22)19(25)15-8-6-14(7-9-15)18(24)21-17-5-3-2-4-16(17)20/h2-9H,10-13,20H2,1H3,(H,21,24). The molecule has 3 rings (SSSR count). The Morgan fingerprint density at radius 3 is 2.16 bits per heavy atom. The summed E-state index contributed by atoms with van der Waals surface area (Å²) in [6.45, 7) is 3.21. The van der Waals surface area contributed by atoms with Gasteiger partial charge in [-0.2, -0.15) is 0 Å². The molecule has 1 aliphatic heterocycles. The van der Waals surface area contributed by atoms with Gasteiger partial charge in [-0.05, 0) is 43.4 Å². The maximum Gasteiger partial charge on any atom is 0.255 e. The van der Waals surface area contributed by atoms with Crippen LogP contribution in [-0.2, 0) is 0 Å². The predicted molar refractivity (Wildman–Crippen MR) is 98.7 cm³/mol. The molecule has 3 N–H and O–H groups in total. The Balaban J connectivity index is 1.66. The smallest absolute Gasteiger partial charge is 0.255 e. The summed E-state index contributed by atoms with van der Waals surface area (Å²) in [7, 11) is 2.05. The lowest BCUT2D eigenvalue weighted by Gasteiger charge is -2.32. The van der Waals surface area contributed by atoms with Gasteiger partial charge < -0.3 is 20.9 Å². The molecule has 0 unspecified atom stereocenters. The SMILES string of the molecule is CN1CCN(C(=O)c2ccc(C(=O)Nc3ccccc3N)cc2)CC1. The van der Waals surface area contributed by atoms with Gasteiger partial charge in [0, 0.05) is 37.3 Å². The number of carbonyl (C=O) groups excluding carboxylic acids is 2. The first-order valence-electron chi connectivity index (χ1n) is 8.28. The summed E-state index contributed by atoms with van der Waals surface area (Å²) in [5.41, 5.74) is 8.00. The Labute approximate surface area is 147 Å². The van der Waals surface area contributed by atoms with Crippen LogP contribution in [0.1, 0.15) is 20.7 Å². The summed E-state index contributed by atoms with van der Waals surface area (Å²) in [4.78, 5) is 28.9. The molecule has 6 heteroatoms. The van der Waals surface area contributed by atoms with Crippen LogP contribution >= 0.6 is 0 Å². The van der Waals surface area contributed by atoms with Gasteiger partial charge in [-0.3, -0.25) is 9.59 Å². The Morgan fingerprint density at radius 2 is 1.52 bits per heavy atom. The fourth-order valence-electron chi connectivity index (χ4n) is 2.76. The van der Waals surface area contributed by atoms with Crippen molar-refractivity contribution in [3.8, 4) is 0 Å². The highest BCUT2D eigenvalue weighted by molar-refractivity contribution is 6.06. The first-order chi connectivity index (χ1) is 12.0. The number of nitrogens with one attached hydrogen (secondary N) is 1. The molecule has 0 saturated carbocycles.